The second-order valence-corrected chi connectivity index (χ2v) is 6.19. The molecule has 3 rings (SSSR count). The quantitative estimate of drug-likeness (QED) is 0.617. The second-order valence-electron chi connectivity index (χ2n) is 6.19. The smallest absolute Gasteiger partial charge is 0.122 e. The average molecular weight is 335 g/mol. The van der Waals surface area contributed by atoms with Gasteiger partial charge in [-0.3, -0.25) is 0 Å². The van der Waals surface area contributed by atoms with Gasteiger partial charge in [-0.2, -0.15) is 0 Å². The lowest BCUT2D eigenvalue weighted by molar-refractivity contribution is 0.397. The molecule has 3 aromatic rings. The number of para-hydroxylation sites is 1. The topological polar surface area (TPSA) is 34.4 Å². The zero-order valence-corrected chi connectivity index (χ0v) is 14.8. The maximum Gasteiger partial charge on any atom is 0.122 e. The molecule has 2 aromatic carbocycles. The summed E-state index contributed by atoms with van der Waals surface area (Å²) in [6.07, 6.45) is 2.67. The lowest BCUT2D eigenvalue weighted by Crippen LogP contribution is -2.21. The van der Waals surface area contributed by atoms with Gasteiger partial charge in [-0.1, -0.05) is 48.5 Å². The van der Waals surface area contributed by atoms with E-state index in [0.717, 1.165) is 30.0 Å². The summed E-state index contributed by atoms with van der Waals surface area (Å²) in [4.78, 5) is 0. The van der Waals surface area contributed by atoms with Crippen LogP contribution in [0.15, 0.2) is 77.4 Å². The Labute approximate surface area is 149 Å². The van der Waals surface area contributed by atoms with Crippen molar-refractivity contribution in [2.45, 2.75) is 25.3 Å². The van der Waals surface area contributed by atoms with E-state index in [2.05, 4.69) is 42.6 Å². The van der Waals surface area contributed by atoms with Gasteiger partial charge in [0.2, 0.25) is 0 Å². The molecule has 0 saturated heterocycles. The van der Waals surface area contributed by atoms with Crippen molar-refractivity contribution in [1.82, 2.24) is 5.32 Å². The third-order valence-electron chi connectivity index (χ3n) is 4.58. The molecule has 0 spiro atoms. The van der Waals surface area contributed by atoms with Gasteiger partial charge in [0, 0.05) is 17.5 Å². The van der Waals surface area contributed by atoms with Crippen LogP contribution >= 0.6 is 0 Å². The highest BCUT2D eigenvalue weighted by Crippen LogP contribution is 2.34. The molecular formula is C22H25NO2. The normalized spacial score (nSPS) is 13.4. The molecule has 1 N–H and O–H groups in total. The first-order valence-corrected chi connectivity index (χ1v) is 8.74. The van der Waals surface area contributed by atoms with Crippen molar-refractivity contribution in [3.8, 4) is 5.75 Å². The van der Waals surface area contributed by atoms with Crippen molar-refractivity contribution >= 4 is 0 Å². The van der Waals surface area contributed by atoms with Crippen LogP contribution in [-0.4, -0.2) is 13.7 Å². The molecule has 0 aliphatic heterocycles. The number of rotatable bonds is 8. The van der Waals surface area contributed by atoms with Crippen molar-refractivity contribution in [1.29, 1.82) is 0 Å². The monoisotopic (exact) mass is 335 g/mol. The molecule has 3 heteroatoms. The third kappa shape index (κ3) is 4.31. The number of ether oxygens (including phenoxy) is 1. The Morgan fingerprint density at radius 1 is 0.960 bits per heavy atom. The van der Waals surface area contributed by atoms with Crippen molar-refractivity contribution in [2.75, 3.05) is 13.7 Å². The SMILES string of the molecule is COc1ccccc1[C@@H](CCN[C@H](C)c1ccccc1)c1ccco1. The van der Waals surface area contributed by atoms with Gasteiger partial charge >= 0.3 is 0 Å². The summed E-state index contributed by atoms with van der Waals surface area (Å²) in [6.45, 7) is 3.08. The molecule has 0 aliphatic rings. The standard InChI is InChI=1S/C22H25NO2/c1-17(18-9-4-3-5-10-18)23-15-14-20(22-13-8-16-25-22)19-11-6-7-12-21(19)24-2/h3-13,16-17,20,23H,14-15H2,1-2H3/t17-,20-/m1/s1. The van der Waals surface area contributed by atoms with Gasteiger partial charge in [-0.25, -0.2) is 0 Å². The number of hydrogen-bond donors (Lipinski definition) is 1. The Hall–Kier alpha value is -2.52. The lowest BCUT2D eigenvalue weighted by Gasteiger charge is -2.20. The highest BCUT2D eigenvalue weighted by Gasteiger charge is 2.20. The van der Waals surface area contributed by atoms with E-state index in [-0.39, 0.29) is 5.92 Å². The molecule has 1 heterocycles. The largest absolute Gasteiger partial charge is 0.496 e. The van der Waals surface area contributed by atoms with E-state index in [9.17, 15) is 0 Å². The van der Waals surface area contributed by atoms with Crippen molar-refractivity contribution in [2.24, 2.45) is 0 Å². The zero-order valence-electron chi connectivity index (χ0n) is 14.8. The van der Waals surface area contributed by atoms with E-state index in [0.29, 0.717) is 6.04 Å². The van der Waals surface area contributed by atoms with E-state index in [1.807, 2.05) is 36.4 Å². The summed E-state index contributed by atoms with van der Waals surface area (Å²) >= 11 is 0. The summed E-state index contributed by atoms with van der Waals surface area (Å²) in [7, 11) is 1.72. The van der Waals surface area contributed by atoms with Crippen molar-refractivity contribution in [3.05, 3.63) is 89.9 Å². The predicted molar refractivity (Wildman–Crippen MR) is 101 cm³/mol. The number of benzene rings is 2. The van der Waals surface area contributed by atoms with Crippen LogP contribution in [0.1, 0.15) is 42.2 Å². The Morgan fingerprint density at radius 3 is 2.44 bits per heavy atom. The van der Waals surface area contributed by atoms with Gasteiger partial charge in [0.25, 0.3) is 0 Å². The van der Waals surface area contributed by atoms with Gasteiger partial charge in [0.15, 0.2) is 0 Å². The molecule has 2 atom stereocenters. The van der Waals surface area contributed by atoms with Crippen LogP contribution in [0.3, 0.4) is 0 Å². The van der Waals surface area contributed by atoms with Gasteiger partial charge in [0.1, 0.15) is 11.5 Å². The fourth-order valence-electron chi connectivity index (χ4n) is 3.20. The van der Waals surface area contributed by atoms with Gasteiger partial charge in [-0.15, -0.1) is 0 Å². The summed E-state index contributed by atoms with van der Waals surface area (Å²) < 4.78 is 11.3. The van der Waals surface area contributed by atoms with Crippen molar-refractivity contribution in [3.63, 3.8) is 0 Å². The maximum absolute atomic E-state index is 5.71. The molecular weight excluding hydrogens is 310 g/mol. The highest BCUT2D eigenvalue weighted by atomic mass is 16.5. The first-order chi connectivity index (χ1) is 12.3. The van der Waals surface area contributed by atoms with Crippen LogP contribution in [0.5, 0.6) is 5.75 Å². The van der Waals surface area contributed by atoms with E-state index < -0.39 is 0 Å². The number of furan rings is 1. The molecule has 0 aliphatic carbocycles. The minimum Gasteiger partial charge on any atom is -0.496 e. The second kappa shape index (κ2) is 8.54. The maximum atomic E-state index is 5.71. The first kappa shape index (κ1) is 17.3. The Kier molecular flexibility index (Phi) is 5.91. The fraction of sp³-hybridized carbons (Fsp3) is 0.273. The summed E-state index contributed by atoms with van der Waals surface area (Å²) in [5.41, 5.74) is 2.46. The Balaban J connectivity index is 1.71. The molecule has 0 radical (unpaired) electrons. The Bertz CT molecular complexity index is 753. The third-order valence-corrected chi connectivity index (χ3v) is 4.58. The van der Waals surface area contributed by atoms with E-state index in [1.165, 1.54) is 5.56 Å². The molecule has 1 aromatic heterocycles. The molecule has 130 valence electrons. The summed E-state index contributed by atoms with van der Waals surface area (Å²) in [6, 6.07) is 23.0. The van der Waals surface area contributed by atoms with E-state index in [4.69, 9.17) is 9.15 Å². The minimum absolute atomic E-state index is 0.168. The van der Waals surface area contributed by atoms with Crippen LogP contribution in [0, 0.1) is 0 Å². The van der Waals surface area contributed by atoms with Crippen LogP contribution in [0.4, 0.5) is 0 Å². The highest BCUT2D eigenvalue weighted by molar-refractivity contribution is 5.40. The van der Waals surface area contributed by atoms with E-state index >= 15 is 0 Å². The molecule has 0 unspecified atom stereocenters. The number of nitrogens with one attached hydrogen (secondary N) is 1. The molecule has 0 fully saturated rings. The predicted octanol–water partition coefficient (Wildman–Crippen LogP) is 5.16. The molecule has 0 saturated carbocycles. The molecule has 25 heavy (non-hydrogen) atoms. The molecule has 0 amide bonds. The molecule has 0 bridgehead atoms. The number of methoxy groups -OCH3 is 1. The van der Waals surface area contributed by atoms with E-state index in [1.54, 1.807) is 13.4 Å². The summed E-state index contributed by atoms with van der Waals surface area (Å²) in [5, 5.41) is 3.62. The average Bonchev–Trinajstić information content (AvgIpc) is 3.20. The first-order valence-electron chi connectivity index (χ1n) is 8.74. The lowest BCUT2D eigenvalue weighted by atomic mass is 9.92. The van der Waals surface area contributed by atoms with Gasteiger partial charge < -0.3 is 14.5 Å². The number of hydrogen-bond acceptors (Lipinski definition) is 3. The van der Waals surface area contributed by atoms with Crippen LogP contribution in [-0.2, 0) is 0 Å². The van der Waals surface area contributed by atoms with Gasteiger partial charge in [-0.05, 0) is 43.7 Å². The Morgan fingerprint density at radius 2 is 1.72 bits per heavy atom. The zero-order chi connectivity index (χ0) is 17.5. The van der Waals surface area contributed by atoms with Crippen molar-refractivity contribution < 1.29 is 9.15 Å². The van der Waals surface area contributed by atoms with Gasteiger partial charge in [0.05, 0.1) is 13.4 Å². The van der Waals surface area contributed by atoms with Crippen LogP contribution in [0.2, 0.25) is 0 Å². The summed E-state index contributed by atoms with van der Waals surface area (Å²) in [5.74, 6) is 2.04. The minimum atomic E-state index is 0.168. The van der Waals surface area contributed by atoms with Crippen LogP contribution < -0.4 is 10.1 Å². The molecule has 3 nitrogen and oxygen atoms in total. The fourth-order valence-corrected chi connectivity index (χ4v) is 3.20. The van der Waals surface area contributed by atoms with Crippen LogP contribution in [0.25, 0.3) is 0 Å².